The minimum atomic E-state index is -0.971. The Balaban J connectivity index is 1.75. The Kier molecular flexibility index (Phi) is 5.34. The van der Waals surface area contributed by atoms with Crippen molar-refractivity contribution in [1.29, 1.82) is 0 Å². The molecule has 1 unspecified atom stereocenters. The highest BCUT2D eigenvalue weighted by Gasteiger charge is 2.47. The van der Waals surface area contributed by atoms with Crippen LogP contribution in [-0.2, 0) is 9.59 Å². The van der Waals surface area contributed by atoms with Crippen LogP contribution in [0.3, 0.4) is 0 Å². The van der Waals surface area contributed by atoms with Gasteiger partial charge < -0.3 is 14.8 Å². The van der Waals surface area contributed by atoms with Crippen molar-refractivity contribution in [3.8, 4) is 5.75 Å². The van der Waals surface area contributed by atoms with E-state index in [0.29, 0.717) is 22.3 Å². The lowest BCUT2D eigenvalue weighted by Gasteiger charge is -2.25. The molecule has 1 aromatic heterocycles. The van der Waals surface area contributed by atoms with Gasteiger partial charge >= 0.3 is 0 Å². The number of rotatable bonds is 4. The van der Waals surface area contributed by atoms with Crippen LogP contribution in [0.4, 0.5) is 10.1 Å². The van der Waals surface area contributed by atoms with E-state index in [4.69, 9.17) is 16.3 Å². The van der Waals surface area contributed by atoms with Crippen LogP contribution in [-0.4, -0.2) is 28.9 Å². The van der Waals surface area contributed by atoms with Gasteiger partial charge in [0.05, 0.1) is 23.7 Å². The number of carbonyl (C=O) groups is 2. The average molecular weight is 477 g/mol. The number of aromatic nitrogens is 1. The van der Waals surface area contributed by atoms with E-state index in [1.54, 1.807) is 36.5 Å². The highest BCUT2D eigenvalue weighted by atomic mass is 35.5. The Morgan fingerprint density at radius 2 is 1.82 bits per heavy atom. The zero-order chi connectivity index (χ0) is 24.0. The topological polar surface area (TPSA) is 82.6 Å². The van der Waals surface area contributed by atoms with Crippen molar-refractivity contribution in [2.45, 2.75) is 6.04 Å². The first-order valence-electron chi connectivity index (χ1n) is 10.4. The second-order valence-corrected chi connectivity index (χ2v) is 8.20. The number of aromatic amines is 1. The molecule has 2 heterocycles. The summed E-state index contributed by atoms with van der Waals surface area (Å²) in [6.45, 7) is 0. The van der Waals surface area contributed by atoms with Crippen LogP contribution in [0.1, 0.15) is 17.2 Å². The number of aliphatic hydroxyl groups excluding tert-OH is 1. The lowest BCUT2D eigenvalue weighted by Crippen LogP contribution is -2.29. The van der Waals surface area contributed by atoms with Gasteiger partial charge in [-0.05, 0) is 42.0 Å². The van der Waals surface area contributed by atoms with Crippen LogP contribution in [0.2, 0.25) is 5.02 Å². The van der Waals surface area contributed by atoms with E-state index in [1.165, 1.54) is 24.1 Å². The number of Topliss-reactive ketones (excluding diaryl/α,β-unsaturated/α-hetero) is 1. The van der Waals surface area contributed by atoms with Crippen LogP contribution in [0, 0.1) is 5.82 Å². The summed E-state index contributed by atoms with van der Waals surface area (Å²) >= 11 is 5.98. The number of ketones is 1. The van der Waals surface area contributed by atoms with E-state index >= 15 is 0 Å². The van der Waals surface area contributed by atoms with Gasteiger partial charge in [0, 0.05) is 28.4 Å². The fraction of sp³-hybridized carbons (Fsp3) is 0.0769. The minimum absolute atomic E-state index is 0.0830. The maximum absolute atomic E-state index is 13.8. The van der Waals surface area contributed by atoms with Crippen molar-refractivity contribution in [2.24, 2.45) is 0 Å². The van der Waals surface area contributed by atoms with Gasteiger partial charge in [-0.3, -0.25) is 14.5 Å². The first-order chi connectivity index (χ1) is 16.4. The van der Waals surface area contributed by atoms with Crippen LogP contribution >= 0.6 is 11.6 Å². The largest absolute Gasteiger partial charge is 0.507 e. The molecule has 1 atom stereocenters. The number of fused-ring (bicyclic) bond motifs is 1. The molecule has 0 saturated carbocycles. The number of aliphatic hydroxyl groups is 1. The van der Waals surface area contributed by atoms with Gasteiger partial charge in [-0.15, -0.1) is 0 Å². The fourth-order valence-electron chi connectivity index (χ4n) is 4.25. The molecule has 6 nitrogen and oxygen atoms in total. The number of hydrogen-bond donors (Lipinski definition) is 2. The highest BCUT2D eigenvalue weighted by Crippen LogP contribution is 2.43. The number of methoxy groups -OCH3 is 1. The summed E-state index contributed by atoms with van der Waals surface area (Å²) in [5, 5.41) is 11.8. The maximum Gasteiger partial charge on any atom is 0.300 e. The molecule has 1 amide bonds. The second-order valence-electron chi connectivity index (χ2n) is 7.79. The van der Waals surface area contributed by atoms with Gasteiger partial charge in [0.15, 0.2) is 0 Å². The number of para-hydroxylation sites is 1. The Morgan fingerprint density at radius 1 is 1.09 bits per heavy atom. The number of anilines is 1. The third kappa shape index (κ3) is 3.41. The number of benzene rings is 3. The number of hydrogen-bond acceptors (Lipinski definition) is 4. The number of H-pyrrole nitrogens is 1. The van der Waals surface area contributed by atoms with Crippen molar-refractivity contribution >= 4 is 45.6 Å². The van der Waals surface area contributed by atoms with E-state index < -0.39 is 23.5 Å². The zero-order valence-electron chi connectivity index (χ0n) is 17.9. The number of nitrogens with zero attached hydrogens (tertiary/aromatic N) is 1. The molecule has 4 aromatic rings. The summed E-state index contributed by atoms with van der Waals surface area (Å²) in [6.07, 6.45) is 1.59. The SMILES string of the molecule is COc1ccc(C2/C(=C(/O)c3c[nH]c4ccccc34)C(=O)C(=O)N2c2ccc(F)c(Cl)c2)cc1. The summed E-state index contributed by atoms with van der Waals surface area (Å²) in [7, 11) is 1.53. The normalized spacial score (nSPS) is 17.5. The first-order valence-corrected chi connectivity index (χ1v) is 10.7. The van der Waals surface area contributed by atoms with Gasteiger partial charge in [-0.25, -0.2) is 4.39 Å². The predicted molar refractivity (Wildman–Crippen MR) is 127 cm³/mol. The maximum atomic E-state index is 13.8. The molecule has 3 aromatic carbocycles. The Hall–Kier alpha value is -4.10. The first kappa shape index (κ1) is 21.7. The third-order valence-corrected chi connectivity index (χ3v) is 6.19. The van der Waals surface area contributed by atoms with E-state index in [0.717, 1.165) is 11.6 Å². The van der Waals surface area contributed by atoms with Crippen molar-refractivity contribution in [1.82, 2.24) is 4.98 Å². The molecular weight excluding hydrogens is 459 g/mol. The number of nitrogens with one attached hydrogen (secondary N) is 1. The molecule has 5 rings (SSSR count). The van der Waals surface area contributed by atoms with E-state index in [-0.39, 0.29) is 22.0 Å². The van der Waals surface area contributed by atoms with Crippen LogP contribution in [0.5, 0.6) is 5.75 Å². The molecule has 1 fully saturated rings. The van der Waals surface area contributed by atoms with Crippen LogP contribution < -0.4 is 9.64 Å². The molecule has 1 aliphatic rings. The molecule has 170 valence electrons. The molecule has 2 N–H and O–H groups in total. The molecule has 0 aliphatic carbocycles. The number of carbonyl (C=O) groups excluding carboxylic acids is 2. The van der Waals surface area contributed by atoms with Crippen molar-refractivity contribution in [2.75, 3.05) is 12.0 Å². The summed E-state index contributed by atoms with van der Waals surface area (Å²) in [5.41, 5.74) is 1.86. The van der Waals surface area contributed by atoms with Crippen LogP contribution in [0.25, 0.3) is 16.7 Å². The summed E-state index contributed by atoms with van der Waals surface area (Å²) in [5.74, 6) is -2.09. The van der Waals surface area contributed by atoms with Gasteiger partial charge in [-0.2, -0.15) is 0 Å². The van der Waals surface area contributed by atoms with E-state index in [1.807, 2.05) is 18.2 Å². The van der Waals surface area contributed by atoms with Crippen molar-refractivity contribution < 1.29 is 23.8 Å². The molecule has 0 bridgehead atoms. The summed E-state index contributed by atoms with van der Waals surface area (Å²) < 4.78 is 19.1. The highest BCUT2D eigenvalue weighted by molar-refractivity contribution is 6.52. The quantitative estimate of drug-likeness (QED) is 0.228. The van der Waals surface area contributed by atoms with Crippen LogP contribution in [0.15, 0.2) is 78.5 Å². The summed E-state index contributed by atoms with van der Waals surface area (Å²) in [4.78, 5) is 30.8. The third-order valence-electron chi connectivity index (χ3n) is 5.90. The van der Waals surface area contributed by atoms with Gasteiger partial charge in [-0.1, -0.05) is 41.9 Å². The van der Waals surface area contributed by atoms with E-state index in [9.17, 15) is 19.1 Å². The molecule has 1 saturated heterocycles. The number of ether oxygens (including phenoxy) is 1. The molecule has 0 radical (unpaired) electrons. The van der Waals surface area contributed by atoms with E-state index in [2.05, 4.69) is 4.98 Å². The molecular formula is C26H18ClFN2O4. The second kappa shape index (κ2) is 8.35. The molecule has 1 aliphatic heterocycles. The zero-order valence-corrected chi connectivity index (χ0v) is 18.6. The fourth-order valence-corrected chi connectivity index (χ4v) is 4.42. The van der Waals surface area contributed by atoms with Gasteiger partial charge in [0.2, 0.25) is 0 Å². The standard InChI is InChI=1S/C26H18ClFN2O4/c1-34-16-9-6-14(7-10-16)23-22(24(31)18-13-29-21-5-3-2-4-17(18)21)25(32)26(33)30(23)15-8-11-20(28)19(27)12-15/h2-13,23,29,31H,1H3/b24-22-. The predicted octanol–water partition coefficient (Wildman–Crippen LogP) is 5.60. The Labute approximate surface area is 198 Å². The smallest absolute Gasteiger partial charge is 0.300 e. The van der Waals surface area contributed by atoms with Gasteiger partial charge in [0.1, 0.15) is 17.3 Å². The Morgan fingerprint density at radius 3 is 2.53 bits per heavy atom. The minimum Gasteiger partial charge on any atom is -0.507 e. The number of halogens is 2. The van der Waals surface area contributed by atoms with Crippen molar-refractivity contribution in [3.05, 3.63) is 100 Å². The number of amides is 1. The molecule has 34 heavy (non-hydrogen) atoms. The molecule has 8 heteroatoms. The lowest BCUT2D eigenvalue weighted by molar-refractivity contribution is -0.132. The summed E-state index contributed by atoms with van der Waals surface area (Å²) in [6, 6.07) is 16.9. The lowest BCUT2D eigenvalue weighted by atomic mass is 9.95. The monoisotopic (exact) mass is 476 g/mol. The average Bonchev–Trinajstić information content (AvgIpc) is 3.40. The Bertz CT molecular complexity index is 1480. The van der Waals surface area contributed by atoms with Gasteiger partial charge in [0.25, 0.3) is 11.7 Å². The molecule has 0 spiro atoms. The van der Waals surface area contributed by atoms with Crippen molar-refractivity contribution in [3.63, 3.8) is 0 Å².